The van der Waals surface area contributed by atoms with Crippen molar-refractivity contribution < 1.29 is 31.4 Å². The highest BCUT2D eigenvalue weighted by molar-refractivity contribution is 6.07. The van der Waals surface area contributed by atoms with Crippen molar-refractivity contribution in [3.63, 3.8) is 0 Å². The number of rotatable bonds is 7. The van der Waals surface area contributed by atoms with E-state index in [0.717, 1.165) is 0 Å². The first-order chi connectivity index (χ1) is 17.0. The zero-order chi connectivity index (χ0) is 27.3. The first-order valence-corrected chi connectivity index (χ1v) is 11.7. The average molecular weight is 528 g/mol. The molecule has 1 N–H and O–H groups in total. The molecule has 3 heterocycles. The van der Waals surface area contributed by atoms with Crippen molar-refractivity contribution in [3.8, 4) is 11.3 Å². The Morgan fingerprint density at radius 2 is 1.57 bits per heavy atom. The summed E-state index contributed by atoms with van der Waals surface area (Å²) in [6, 6.07) is 5.56. The molecule has 200 valence electrons. The fraction of sp³-hybridized carbons (Fsp3) is 0.480. The smallest absolute Gasteiger partial charge is 0.386 e. The van der Waals surface area contributed by atoms with E-state index in [-0.39, 0.29) is 0 Å². The van der Waals surface area contributed by atoms with Crippen LogP contribution in [0.15, 0.2) is 30.5 Å². The highest BCUT2D eigenvalue weighted by atomic mass is 19.4. The van der Waals surface area contributed by atoms with E-state index in [1.807, 2.05) is 0 Å². The summed E-state index contributed by atoms with van der Waals surface area (Å²) in [4.78, 5) is 4.56. The van der Waals surface area contributed by atoms with Crippen LogP contribution in [0, 0.1) is 6.92 Å². The number of nitrogens with zero attached hydrogens (tertiary/aromatic N) is 5. The summed E-state index contributed by atoms with van der Waals surface area (Å²) >= 11 is 0. The number of pyridine rings is 1. The molecule has 0 atom stereocenters. The largest absolute Gasteiger partial charge is 0.389 e. The summed E-state index contributed by atoms with van der Waals surface area (Å²) < 4.78 is 82.4. The van der Waals surface area contributed by atoms with Crippen LogP contribution >= 0.6 is 0 Å². The summed E-state index contributed by atoms with van der Waals surface area (Å²) in [6.45, 7) is 4.86. The lowest BCUT2D eigenvalue weighted by Crippen LogP contribution is -2.18. The van der Waals surface area contributed by atoms with Crippen LogP contribution < -0.4 is 0 Å². The van der Waals surface area contributed by atoms with Crippen molar-refractivity contribution in [3.05, 3.63) is 41.7 Å². The Balaban J connectivity index is 2.00. The summed E-state index contributed by atoms with van der Waals surface area (Å²) in [5.41, 5.74) is 2.25. The first kappa shape index (κ1) is 26.9. The van der Waals surface area contributed by atoms with Gasteiger partial charge in [0, 0.05) is 43.1 Å². The molecule has 0 fully saturated rings. The molecule has 0 unspecified atom stereocenters. The Kier molecular flexibility index (Phi) is 6.76. The van der Waals surface area contributed by atoms with E-state index < -0.39 is 49.7 Å². The van der Waals surface area contributed by atoms with E-state index in [1.165, 1.54) is 9.25 Å². The minimum absolute atomic E-state index is 0.398. The maximum Gasteiger partial charge on any atom is 0.389 e. The number of hydrogen-bond donors (Lipinski definition) is 1. The predicted molar refractivity (Wildman–Crippen MR) is 127 cm³/mol. The summed E-state index contributed by atoms with van der Waals surface area (Å²) in [5.74, 6) is 0. The number of alkyl halides is 6. The Morgan fingerprint density at radius 1 is 0.946 bits per heavy atom. The summed E-state index contributed by atoms with van der Waals surface area (Å²) in [6.07, 6.45) is -11.0. The fourth-order valence-electron chi connectivity index (χ4n) is 4.73. The molecule has 0 bridgehead atoms. The molecule has 1 aromatic carbocycles. The number of aryl methyl sites for hydroxylation is 2. The summed E-state index contributed by atoms with van der Waals surface area (Å²) in [7, 11) is 1.68. The SMILES string of the molecule is Cc1nnn(C)c1-c1cnc2c3ccc(C(C)(C)O)cc3n(C(CCC(F)(F)F)CCC(F)(F)F)c2c1. The van der Waals surface area contributed by atoms with Gasteiger partial charge in [0.25, 0.3) is 0 Å². The second-order valence-electron chi connectivity index (χ2n) is 9.86. The number of fused-ring (bicyclic) bond motifs is 3. The number of halogens is 6. The van der Waals surface area contributed by atoms with Gasteiger partial charge >= 0.3 is 12.4 Å². The topological polar surface area (TPSA) is 68.8 Å². The molecule has 0 radical (unpaired) electrons. The predicted octanol–water partition coefficient (Wildman–Crippen LogP) is 6.75. The molecule has 12 heteroatoms. The molecular weight excluding hydrogens is 500 g/mol. The Bertz CT molecular complexity index is 1390. The highest BCUT2D eigenvalue weighted by Crippen LogP contribution is 2.40. The van der Waals surface area contributed by atoms with Gasteiger partial charge in [0.1, 0.15) is 0 Å². The van der Waals surface area contributed by atoms with E-state index >= 15 is 0 Å². The number of hydrogen-bond acceptors (Lipinski definition) is 4. The molecule has 0 spiro atoms. The molecule has 0 aliphatic carbocycles. The van der Waals surface area contributed by atoms with Crippen LogP contribution in [0.2, 0.25) is 0 Å². The first-order valence-electron chi connectivity index (χ1n) is 11.7. The van der Waals surface area contributed by atoms with Gasteiger partial charge in [-0.15, -0.1) is 5.10 Å². The van der Waals surface area contributed by atoms with Crippen LogP contribution in [0.25, 0.3) is 33.2 Å². The molecule has 4 rings (SSSR count). The number of aromatic nitrogens is 5. The van der Waals surface area contributed by atoms with E-state index in [0.29, 0.717) is 44.5 Å². The molecule has 0 aliphatic rings. The van der Waals surface area contributed by atoms with Gasteiger partial charge in [-0.05, 0) is 51.3 Å². The fourth-order valence-corrected chi connectivity index (χ4v) is 4.73. The van der Waals surface area contributed by atoms with Crippen LogP contribution in [0.1, 0.15) is 56.8 Å². The summed E-state index contributed by atoms with van der Waals surface area (Å²) in [5, 5.41) is 19.1. The minimum Gasteiger partial charge on any atom is -0.386 e. The van der Waals surface area contributed by atoms with Crippen LogP contribution in [0.3, 0.4) is 0 Å². The third kappa shape index (κ3) is 5.73. The molecule has 0 aliphatic heterocycles. The van der Waals surface area contributed by atoms with Crippen LogP contribution in [0.5, 0.6) is 0 Å². The van der Waals surface area contributed by atoms with Crippen LogP contribution in [-0.2, 0) is 12.6 Å². The van der Waals surface area contributed by atoms with Gasteiger partial charge in [-0.25, -0.2) is 4.68 Å². The lowest BCUT2D eigenvalue weighted by molar-refractivity contribution is -0.142. The van der Waals surface area contributed by atoms with E-state index in [1.54, 1.807) is 58.3 Å². The standard InChI is InChI=1S/C25H27F6N5O/c1-14-22(35(4)34-33-14)15-11-20-21(32-13-15)18-6-5-16(23(2,3)37)12-19(18)36(20)17(7-9-24(26,27)28)8-10-25(29,30)31/h5-6,11-13,17,37H,7-10H2,1-4H3. The Hall–Kier alpha value is -3.15. The minimum atomic E-state index is -4.53. The number of benzene rings is 1. The monoisotopic (exact) mass is 527 g/mol. The number of aliphatic hydroxyl groups is 1. The second kappa shape index (κ2) is 9.30. The van der Waals surface area contributed by atoms with Crippen molar-refractivity contribution in [1.29, 1.82) is 0 Å². The molecule has 6 nitrogen and oxygen atoms in total. The van der Waals surface area contributed by atoms with Gasteiger partial charge in [-0.1, -0.05) is 17.3 Å². The van der Waals surface area contributed by atoms with Gasteiger partial charge < -0.3 is 9.67 Å². The third-order valence-corrected chi connectivity index (χ3v) is 6.50. The zero-order valence-corrected chi connectivity index (χ0v) is 20.7. The normalized spacial score (nSPS) is 13.4. The van der Waals surface area contributed by atoms with Gasteiger partial charge in [0.05, 0.1) is 33.5 Å². The average Bonchev–Trinajstić information content (AvgIpc) is 3.27. The van der Waals surface area contributed by atoms with Gasteiger partial charge in [-0.2, -0.15) is 26.3 Å². The molecular formula is C25H27F6N5O. The molecule has 0 amide bonds. The van der Waals surface area contributed by atoms with E-state index in [9.17, 15) is 31.4 Å². The molecule has 0 saturated carbocycles. The van der Waals surface area contributed by atoms with Crippen molar-refractivity contribution >= 4 is 21.9 Å². The quantitative estimate of drug-likeness (QED) is 0.270. The van der Waals surface area contributed by atoms with Gasteiger partial charge in [-0.3, -0.25) is 4.98 Å². The molecule has 4 aromatic rings. The van der Waals surface area contributed by atoms with Crippen molar-refractivity contribution in [1.82, 2.24) is 24.5 Å². The van der Waals surface area contributed by atoms with Gasteiger partial charge in [0.2, 0.25) is 0 Å². The van der Waals surface area contributed by atoms with Crippen LogP contribution in [-0.4, -0.2) is 42.0 Å². The maximum absolute atomic E-state index is 13.2. The second-order valence-corrected chi connectivity index (χ2v) is 9.86. The maximum atomic E-state index is 13.2. The van der Waals surface area contributed by atoms with E-state index in [2.05, 4.69) is 15.3 Å². The third-order valence-electron chi connectivity index (χ3n) is 6.50. The Morgan fingerprint density at radius 3 is 2.08 bits per heavy atom. The van der Waals surface area contributed by atoms with Crippen molar-refractivity contribution in [2.45, 2.75) is 70.4 Å². The van der Waals surface area contributed by atoms with Crippen LogP contribution in [0.4, 0.5) is 26.3 Å². The zero-order valence-electron chi connectivity index (χ0n) is 20.7. The van der Waals surface area contributed by atoms with Gasteiger partial charge in [0.15, 0.2) is 0 Å². The molecule has 0 saturated heterocycles. The van der Waals surface area contributed by atoms with E-state index in [4.69, 9.17) is 0 Å². The highest BCUT2D eigenvalue weighted by Gasteiger charge is 2.34. The molecule has 37 heavy (non-hydrogen) atoms. The van der Waals surface area contributed by atoms with Crippen molar-refractivity contribution in [2.24, 2.45) is 7.05 Å². The van der Waals surface area contributed by atoms with Crippen molar-refractivity contribution in [2.75, 3.05) is 0 Å². The lowest BCUT2D eigenvalue weighted by atomic mass is 9.97. The Labute approximate surface area is 208 Å². The lowest BCUT2D eigenvalue weighted by Gasteiger charge is -2.24. The molecule has 3 aromatic heterocycles.